The predicted molar refractivity (Wildman–Crippen MR) is 102 cm³/mol. The topological polar surface area (TPSA) is 55.4 Å². The van der Waals surface area contributed by atoms with Gasteiger partial charge in [-0.2, -0.15) is 0 Å². The lowest BCUT2D eigenvalue weighted by Gasteiger charge is -2.12. The van der Waals surface area contributed by atoms with Crippen molar-refractivity contribution in [2.45, 2.75) is 6.61 Å². The molecular formula is C17H10Br2FNO3S. The highest BCUT2D eigenvalue weighted by Crippen LogP contribution is 2.37. The van der Waals surface area contributed by atoms with Crippen molar-refractivity contribution < 1.29 is 18.7 Å². The van der Waals surface area contributed by atoms with Crippen LogP contribution in [0.5, 0.6) is 5.75 Å². The monoisotopic (exact) mass is 485 g/mol. The van der Waals surface area contributed by atoms with Crippen LogP contribution in [0.4, 0.5) is 9.18 Å². The van der Waals surface area contributed by atoms with Crippen molar-refractivity contribution in [2.24, 2.45) is 0 Å². The van der Waals surface area contributed by atoms with E-state index in [0.717, 1.165) is 11.8 Å². The van der Waals surface area contributed by atoms with Crippen LogP contribution in [0, 0.1) is 5.82 Å². The Morgan fingerprint density at radius 3 is 2.44 bits per heavy atom. The fraction of sp³-hybridized carbons (Fsp3) is 0.0588. The van der Waals surface area contributed by atoms with Crippen LogP contribution in [0.15, 0.2) is 50.2 Å². The van der Waals surface area contributed by atoms with Crippen molar-refractivity contribution in [3.05, 3.63) is 67.2 Å². The first kappa shape index (κ1) is 18.2. The van der Waals surface area contributed by atoms with Crippen LogP contribution in [0.25, 0.3) is 6.08 Å². The molecule has 1 heterocycles. The molecule has 0 radical (unpaired) electrons. The zero-order chi connectivity index (χ0) is 18.0. The second-order valence-corrected chi connectivity index (χ2v) is 7.77. The quantitative estimate of drug-likeness (QED) is 0.599. The summed E-state index contributed by atoms with van der Waals surface area (Å²) in [6.07, 6.45) is 1.61. The third kappa shape index (κ3) is 4.31. The molecule has 128 valence electrons. The lowest BCUT2D eigenvalue weighted by atomic mass is 10.2. The molecule has 1 saturated heterocycles. The van der Waals surface area contributed by atoms with E-state index in [1.807, 2.05) is 0 Å². The van der Waals surface area contributed by atoms with E-state index in [4.69, 9.17) is 4.74 Å². The summed E-state index contributed by atoms with van der Waals surface area (Å²) >= 11 is 7.68. The summed E-state index contributed by atoms with van der Waals surface area (Å²) in [4.78, 5) is 23.1. The molecule has 0 aromatic heterocycles. The number of ether oxygens (including phenoxy) is 1. The number of rotatable bonds is 4. The predicted octanol–water partition coefficient (Wildman–Crippen LogP) is 5.25. The first-order valence-corrected chi connectivity index (χ1v) is 9.44. The van der Waals surface area contributed by atoms with Crippen LogP contribution in [0.3, 0.4) is 0 Å². The standard InChI is InChI=1S/C17H10Br2FNO3S/c18-11-5-9(7-14-16(22)21-17(23)25-14)6-12(19)15(11)24-8-10-3-1-2-4-13(10)20/h1-7H,8H2,(H,21,22,23)/b14-7-. The van der Waals surface area contributed by atoms with Crippen LogP contribution < -0.4 is 10.1 Å². The molecule has 0 bridgehead atoms. The van der Waals surface area contributed by atoms with E-state index in [0.29, 0.717) is 30.7 Å². The van der Waals surface area contributed by atoms with Crippen molar-refractivity contribution in [3.8, 4) is 5.75 Å². The lowest BCUT2D eigenvalue weighted by molar-refractivity contribution is -0.115. The highest BCUT2D eigenvalue weighted by molar-refractivity contribution is 9.11. The van der Waals surface area contributed by atoms with Gasteiger partial charge in [0.05, 0.1) is 13.9 Å². The first-order valence-electron chi connectivity index (χ1n) is 7.04. The Hall–Kier alpha value is -1.64. The average Bonchev–Trinajstić information content (AvgIpc) is 2.85. The average molecular weight is 487 g/mol. The Balaban J connectivity index is 1.81. The highest BCUT2D eigenvalue weighted by Gasteiger charge is 2.25. The van der Waals surface area contributed by atoms with Crippen molar-refractivity contribution >= 4 is 60.8 Å². The van der Waals surface area contributed by atoms with Crippen molar-refractivity contribution in [1.82, 2.24) is 5.32 Å². The summed E-state index contributed by atoms with van der Waals surface area (Å²) in [5.41, 5.74) is 1.16. The molecule has 2 aromatic carbocycles. The summed E-state index contributed by atoms with van der Waals surface area (Å²) < 4.78 is 20.7. The molecule has 4 nitrogen and oxygen atoms in total. The third-order valence-electron chi connectivity index (χ3n) is 3.29. The summed E-state index contributed by atoms with van der Waals surface area (Å²) in [6, 6.07) is 9.91. The first-order chi connectivity index (χ1) is 11.9. The van der Waals surface area contributed by atoms with Crippen LogP contribution in [-0.4, -0.2) is 11.1 Å². The van der Waals surface area contributed by atoms with E-state index < -0.39 is 5.91 Å². The minimum atomic E-state index is -0.415. The van der Waals surface area contributed by atoms with Crippen LogP contribution >= 0.6 is 43.6 Å². The van der Waals surface area contributed by atoms with E-state index in [1.54, 1.807) is 36.4 Å². The largest absolute Gasteiger partial charge is 0.486 e. The molecule has 0 spiro atoms. The van der Waals surface area contributed by atoms with E-state index in [-0.39, 0.29) is 17.7 Å². The molecule has 1 fully saturated rings. The molecule has 8 heteroatoms. The second kappa shape index (κ2) is 7.72. The SMILES string of the molecule is O=C1NC(=O)/C(=C/c2cc(Br)c(OCc3ccccc3F)c(Br)c2)S1. The van der Waals surface area contributed by atoms with Crippen LogP contribution in [0.2, 0.25) is 0 Å². The summed E-state index contributed by atoms with van der Waals surface area (Å²) in [6.45, 7) is 0.0804. The molecule has 1 aliphatic heterocycles. The molecule has 2 aromatic rings. The zero-order valence-electron chi connectivity index (χ0n) is 12.5. The maximum atomic E-state index is 13.7. The Kier molecular flexibility index (Phi) is 5.61. The van der Waals surface area contributed by atoms with Gasteiger partial charge in [0.25, 0.3) is 11.1 Å². The van der Waals surface area contributed by atoms with Crippen molar-refractivity contribution in [2.75, 3.05) is 0 Å². The number of amides is 2. The molecule has 0 aliphatic carbocycles. The second-order valence-electron chi connectivity index (χ2n) is 5.05. The molecule has 25 heavy (non-hydrogen) atoms. The molecule has 1 N–H and O–H groups in total. The maximum absolute atomic E-state index is 13.7. The normalized spacial score (nSPS) is 15.6. The fourth-order valence-corrected chi connectivity index (χ4v) is 4.27. The summed E-state index contributed by atoms with van der Waals surface area (Å²) in [5.74, 6) is -0.225. The molecular weight excluding hydrogens is 477 g/mol. The van der Waals surface area contributed by atoms with Gasteiger partial charge in [0.15, 0.2) is 0 Å². The summed E-state index contributed by atoms with van der Waals surface area (Å²) in [5, 5.41) is 1.82. The van der Waals surface area contributed by atoms with Gasteiger partial charge in [0.2, 0.25) is 0 Å². The van der Waals surface area contributed by atoms with Crippen LogP contribution in [-0.2, 0) is 11.4 Å². The Bertz CT molecular complexity index is 878. The Morgan fingerprint density at radius 1 is 1.16 bits per heavy atom. The van der Waals surface area contributed by atoms with Gasteiger partial charge in [-0.05, 0) is 73.5 Å². The van der Waals surface area contributed by atoms with Gasteiger partial charge in [-0.15, -0.1) is 0 Å². The number of hydrogen-bond acceptors (Lipinski definition) is 4. The minimum Gasteiger partial charge on any atom is -0.486 e. The third-order valence-corrected chi connectivity index (χ3v) is 5.28. The number of hydrogen-bond donors (Lipinski definition) is 1. The van der Waals surface area contributed by atoms with E-state index in [1.165, 1.54) is 6.07 Å². The smallest absolute Gasteiger partial charge is 0.290 e. The molecule has 3 rings (SSSR count). The Labute approximate surface area is 164 Å². The van der Waals surface area contributed by atoms with Gasteiger partial charge in [0.1, 0.15) is 18.2 Å². The van der Waals surface area contributed by atoms with E-state index in [9.17, 15) is 14.0 Å². The van der Waals surface area contributed by atoms with Crippen LogP contribution in [0.1, 0.15) is 11.1 Å². The number of thioether (sulfide) groups is 1. The molecule has 2 amide bonds. The number of benzene rings is 2. The Morgan fingerprint density at radius 2 is 1.84 bits per heavy atom. The van der Waals surface area contributed by atoms with Gasteiger partial charge in [-0.25, -0.2) is 4.39 Å². The number of nitrogens with one attached hydrogen (secondary N) is 1. The molecule has 0 unspecified atom stereocenters. The summed E-state index contributed by atoms with van der Waals surface area (Å²) in [7, 11) is 0. The number of halogens is 3. The van der Waals surface area contributed by atoms with Gasteiger partial charge in [-0.3, -0.25) is 14.9 Å². The van der Waals surface area contributed by atoms with Gasteiger partial charge < -0.3 is 4.74 Å². The highest BCUT2D eigenvalue weighted by atomic mass is 79.9. The molecule has 1 aliphatic rings. The van der Waals surface area contributed by atoms with Gasteiger partial charge in [-0.1, -0.05) is 18.2 Å². The fourth-order valence-electron chi connectivity index (χ4n) is 2.14. The minimum absolute atomic E-state index is 0.0804. The van der Waals surface area contributed by atoms with Gasteiger partial charge >= 0.3 is 0 Å². The number of imide groups is 1. The molecule has 0 saturated carbocycles. The number of carbonyl (C=O) groups excluding carboxylic acids is 2. The zero-order valence-corrected chi connectivity index (χ0v) is 16.5. The maximum Gasteiger partial charge on any atom is 0.290 e. The molecule has 0 atom stereocenters. The lowest BCUT2D eigenvalue weighted by Crippen LogP contribution is -2.17. The number of carbonyl (C=O) groups is 2. The van der Waals surface area contributed by atoms with Gasteiger partial charge in [0, 0.05) is 5.56 Å². The van der Waals surface area contributed by atoms with E-state index >= 15 is 0 Å². The van der Waals surface area contributed by atoms with Crippen molar-refractivity contribution in [1.29, 1.82) is 0 Å². The van der Waals surface area contributed by atoms with E-state index in [2.05, 4.69) is 37.2 Å². The van der Waals surface area contributed by atoms with Crippen molar-refractivity contribution in [3.63, 3.8) is 0 Å².